The van der Waals surface area contributed by atoms with E-state index in [0.29, 0.717) is 5.75 Å². The van der Waals surface area contributed by atoms with Crippen LogP contribution in [0.25, 0.3) is 0 Å². The summed E-state index contributed by atoms with van der Waals surface area (Å²) in [4.78, 5) is 22.2. The zero-order valence-corrected chi connectivity index (χ0v) is 10.6. The van der Waals surface area contributed by atoms with Crippen LogP contribution in [0.3, 0.4) is 0 Å². The van der Waals surface area contributed by atoms with Crippen molar-refractivity contribution in [1.29, 1.82) is 0 Å². The fourth-order valence-corrected chi connectivity index (χ4v) is 1.31. The predicted octanol–water partition coefficient (Wildman–Crippen LogP) is 1.05. The summed E-state index contributed by atoms with van der Waals surface area (Å²) in [5, 5.41) is 2.57. The van der Waals surface area contributed by atoms with Crippen LogP contribution < -0.4 is 10.1 Å². The molecule has 1 N–H and O–H groups in total. The van der Waals surface area contributed by atoms with Gasteiger partial charge in [-0.1, -0.05) is 12.1 Å². The van der Waals surface area contributed by atoms with Gasteiger partial charge in [-0.3, -0.25) is 9.59 Å². The molecule has 1 amide bonds. The average Bonchev–Trinajstić information content (AvgIpc) is 2.36. The Kier molecular flexibility index (Phi) is 5.70. The number of hydrogen-bond acceptors (Lipinski definition) is 4. The van der Waals surface area contributed by atoms with Gasteiger partial charge in [0.15, 0.2) is 6.61 Å². The van der Waals surface area contributed by atoms with Gasteiger partial charge in [0.2, 0.25) is 0 Å². The lowest BCUT2D eigenvalue weighted by Gasteiger charge is -2.07. The molecule has 1 aromatic rings. The second-order valence-corrected chi connectivity index (χ2v) is 3.78. The number of ether oxygens (including phenoxy) is 2. The number of hydrogen-bond donors (Lipinski definition) is 1. The molecule has 18 heavy (non-hydrogen) atoms. The molecule has 0 atom stereocenters. The lowest BCUT2D eigenvalue weighted by Crippen LogP contribution is -2.30. The van der Waals surface area contributed by atoms with Crippen molar-refractivity contribution >= 4 is 11.9 Å². The molecule has 0 unspecified atom stereocenters. The Bertz CT molecular complexity index is 417. The number of carbonyl (C=O) groups is 2. The van der Waals surface area contributed by atoms with Crippen LogP contribution in [-0.4, -0.2) is 32.1 Å². The van der Waals surface area contributed by atoms with Crippen LogP contribution in [-0.2, 0) is 14.3 Å². The molecule has 5 heteroatoms. The highest BCUT2D eigenvalue weighted by molar-refractivity contribution is 5.78. The van der Waals surface area contributed by atoms with E-state index in [0.717, 1.165) is 5.56 Å². The molecule has 0 spiro atoms. The third-order valence-electron chi connectivity index (χ3n) is 2.24. The molecule has 0 radical (unpaired) electrons. The Hall–Kier alpha value is -2.04. The highest BCUT2D eigenvalue weighted by atomic mass is 16.5. The molecular weight excluding hydrogens is 234 g/mol. The number of aryl methyl sites for hydroxylation is 1. The maximum absolute atomic E-state index is 11.4. The predicted molar refractivity (Wildman–Crippen MR) is 66.3 cm³/mol. The summed E-state index contributed by atoms with van der Waals surface area (Å²) in [6.45, 7) is 2.14. The van der Waals surface area contributed by atoms with Gasteiger partial charge >= 0.3 is 5.97 Å². The fourth-order valence-electron chi connectivity index (χ4n) is 1.31. The first-order valence-electron chi connectivity index (χ1n) is 5.65. The molecule has 1 rings (SSSR count). The Labute approximate surface area is 106 Å². The molecule has 0 aliphatic carbocycles. The van der Waals surface area contributed by atoms with Crippen LogP contribution in [0.2, 0.25) is 0 Å². The lowest BCUT2D eigenvalue weighted by atomic mass is 10.2. The second-order valence-electron chi connectivity index (χ2n) is 3.78. The summed E-state index contributed by atoms with van der Waals surface area (Å²) in [5.74, 6) is 0.0356. The zero-order valence-electron chi connectivity index (χ0n) is 10.6. The topological polar surface area (TPSA) is 64.6 Å². The highest BCUT2D eigenvalue weighted by Gasteiger charge is 2.04. The van der Waals surface area contributed by atoms with Gasteiger partial charge in [0.25, 0.3) is 5.91 Å². The van der Waals surface area contributed by atoms with E-state index in [2.05, 4.69) is 10.1 Å². The highest BCUT2D eigenvalue weighted by Crippen LogP contribution is 2.11. The van der Waals surface area contributed by atoms with E-state index in [1.807, 2.05) is 25.1 Å². The summed E-state index contributed by atoms with van der Waals surface area (Å²) in [6.07, 6.45) is 0.159. The smallest absolute Gasteiger partial charge is 0.307 e. The quantitative estimate of drug-likeness (QED) is 0.768. The van der Waals surface area contributed by atoms with Crippen LogP contribution in [0.4, 0.5) is 0 Å². The Morgan fingerprint density at radius 1 is 1.33 bits per heavy atom. The summed E-state index contributed by atoms with van der Waals surface area (Å²) in [6, 6.07) is 7.44. The van der Waals surface area contributed by atoms with Crippen molar-refractivity contribution in [3.8, 4) is 5.75 Å². The number of benzene rings is 1. The first kappa shape index (κ1) is 14.0. The van der Waals surface area contributed by atoms with Crippen molar-refractivity contribution in [3.63, 3.8) is 0 Å². The number of rotatable bonds is 6. The van der Waals surface area contributed by atoms with Crippen molar-refractivity contribution in [2.24, 2.45) is 0 Å². The van der Waals surface area contributed by atoms with Gasteiger partial charge in [-0.2, -0.15) is 0 Å². The van der Waals surface area contributed by atoms with Crippen molar-refractivity contribution in [3.05, 3.63) is 29.8 Å². The number of esters is 1. The summed E-state index contributed by atoms with van der Waals surface area (Å²) >= 11 is 0. The molecule has 98 valence electrons. The molecule has 0 saturated heterocycles. The van der Waals surface area contributed by atoms with Gasteiger partial charge in [0.1, 0.15) is 5.75 Å². The van der Waals surface area contributed by atoms with E-state index in [1.54, 1.807) is 6.07 Å². The molecule has 0 saturated carbocycles. The third-order valence-corrected chi connectivity index (χ3v) is 2.24. The molecule has 0 aliphatic heterocycles. The number of amides is 1. The molecule has 1 aromatic carbocycles. The van der Waals surface area contributed by atoms with Gasteiger partial charge in [-0.15, -0.1) is 0 Å². The molecule has 0 fully saturated rings. The number of methoxy groups -OCH3 is 1. The monoisotopic (exact) mass is 251 g/mol. The van der Waals surface area contributed by atoms with E-state index >= 15 is 0 Å². The van der Waals surface area contributed by atoms with Gasteiger partial charge in [0, 0.05) is 6.54 Å². The minimum Gasteiger partial charge on any atom is -0.484 e. The zero-order chi connectivity index (χ0) is 13.4. The minimum absolute atomic E-state index is 0.0649. The SMILES string of the molecule is COC(=O)CCNC(=O)COc1cccc(C)c1. The summed E-state index contributed by atoms with van der Waals surface area (Å²) in [5.41, 5.74) is 1.07. The number of carbonyl (C=O) groups excluding carboxylic acids is 2. The largest absolute Gasteiger partial charge is 0.484 e. The molecular formula is C13H17NO4. The third kappa shape index (κ3) is 5.34. The van der Waals surface area contributed by atoms with E-state index in [1.165, 1.54) is 7.11 Å². The maximum Gasteiger partial charge on any atom is 0.307 e. The molecule has 0 heterocycles. The van der Waals surface area contributed by atoms with Crippen LogP contribution in [0.1, 0.15) is 12.0 Å². The Morgan fingerprint density at radius 3 is 2.78 bits per heavy atom. The first-order valence-corrected chi connectivity index (χ1v) is 5.65. The van der Waals surface area contributed by atoms with Crippen molar-refractivity contribution in [2.75, 3.05) is 20.3 Å². The lowest BCUT2D eigenvalue weighted by molar-refractivity contribution is -0.140. The second kappa shape index (κ2) is 7.32. The van der Waals surface area contributed by atoms with Gasteiger partial charge in [-0.05, 0) is 24.6 Å². The normalized spacial score (nSPS) is 9.67. The van der Waals surface area contributed by atoms with Gasteiger partial charge < -0.3 is 14.8 Å². The summed E-state index contributed by atoms with van der Waals surface area (Å²) < 4.78 is 9.76. The van der Waals surface area contributed by atoms with E-state index in [4.69, 9.17) is 4.74 Å². The van der Waals surface area contributed by atoms with Gasteiger partial charge in [0.05, 0.1) is 13.5 Å². The Balaban J connectivity index is 2.23. The molecule has 0 aliphatic rings. The standard InChI is InChI=1S/C13H17NO4/c1-10-4-3-5-11(8-10)18-9-12(15)14-7-6-13(16)17-2/h3-5,8H,6-7,9H2,1-2H3,(H,14,15). The van der Waals surface area contributed by atoms with Crippen molar-refractivity contribution < 1.29 is 19.1 Å². The van der Waals surface area contributed by atoms with Crippen LogP contribution in [0, 0.1) is 6.92 Å². The number of nitrogens with one attached hydrogen (secondary N) is 1. The van der Waals surface area contributed by atoms with E-state index in [9.17, 15) is 9.59 Å². The van der Waals surface area contributed by atoms with E-state index in [-0.39, 0.29) is 31.4 Å². The van der Waals surface area contributed by atoms with Crippen LogP contribution in [0.5, 0.6) is 5.75 Å². The van der Waals surface area contributed by atoms with Crippen LogP contribution >= 0.6 is 0 Å². The van der Waals surface area contributed by atoms with Crippen LogP contribution in [0.15, 0.2) is 24.3 Å². The minimum atomic E-state index is -0.352. The average molecular weight is 251 g/mol. The van der Waals surface area contributed by atoms with Crippen molar-refractivity contribution in [2.45, 2.75) is 13.3 Å². The molecule has 5 nitrogen and oxygen atoms in total. The Morgan fingerprint density at radius 2 is 2.11 bits per heavy atom. The van der Waals surface area contributed by atoms with Gasteiger partial charge in [-0.25, -0.2) is 0 Å². The first-order chi connectivity index (χ1) is 8.61. The fraction of sp³-hybridized carbons (Fsp3) is 0.385. The summed E-state index contributed by atoms with van der Waals surface area (Å²) in [7, 11) is 1.31. The molecule has 0 bridgehead atoms. The van der Waals surface area contributed by atoms with Crippen molar-refractivity contribution in [1.82, 2.24) is 5.32 Å². The molecule has 0 aromatic heterocycles. The van der Waals surface area contributed by atoms with E-state index < -0.39 is 0 Å². The maximum atomic E-state index is 11.4.